The molecule has 1 aromatic carbocycles. The van der Waals surface area contributed by atoms with Crippen molar-refractivity contribution >= 4 is 28.3 Å². The molecule has 3 rings (SSSR count). The highest BCUT2D eigenvalue weighted by Gasteiger charge is 2.34. The van der Waals surface area contributed by atoms with E-state index in [0.29, 0.717) is 5.92 Å². The van der Waals surface area contributed by atoms with Crippen molar-refractivity contribution in [3.8, 4) is 0 Å². The molecule has 1 N–H and O–H groups in total. The monoisotopic (exact) mass is 376 g/mol. The van der Waals surface area contributed by atoms with Crippen LogP contribution >= 0.6 is 28.3 Å². The highest BCUT2D eigenvalue weighted by Crippen LogP contribution is 2.42. The summed E-state index contributed by atoms with van der Waals surface area (Å²) in [4.78, 5) is 2.48. The molecule has 0 amide bonds. The highest BCUT2D eigenvalue weighted by molar-refractivity contribution is 9.10. The standard InChI is InChI=1S/C16H22BrFN2.ClH/c17-13-6-3-7-14(18)15(13)16(12-4-1-2-5-12)20-10-8-19-9-11-20;/h3,6-7,12,16,19H,1-2,4-5,8-11H2;1H/t16-;/m1./s1. The zero-order valence-corrected chi connectivity index (χ0v) is 14.6. The van der Waals surface area contributed by atoms with Crippen molar-refractivity contribution in [2.45, 2.75) is 31.7 Å². The summed E-state index contributed by atoms with van der Waals surface area (Å²) in [7, 11) is 0. The second kappa shape index (κ2) is 7.91. The number of benzene rings is 1. The summed E-state index contributed by atoms with van der Waals surface area (Å²) in [5, 5.41) is 3.39. The van der Waals surface area contributed by atoms with Gasteiger partial charge in [-0.3, -0.25) is 4.90 Å². The van der Waals surface area contributed by atoms with Crippen molar-refractivity contribution in [2.75, 3.05) is 26.2 Å². The highest BCUT2D eigenvalue weighted by atomic mass is 79.9. The Bertz CT molecular complexity index is 439. The van der Waals surface area contributed by atoms with Gasteiger partial charge in [-0.05, 0) is 30.9 Å². The number of hydrogen-bond donors (Lipinski definition) is 1. The molecule has 1 aliphatic carbocycles. The van der Waals surface area contributed by atoms with Gasteiger partial charge in [0.05, 0.1) is 0 Å². The van der Waals surface area contributed by atoms with Crippen LogP contribution in [0.25, 0.3) is 0 Å². The van der Waals surface area contributed by atoms with Crippen LogP contribution in [0.4, 0.5) is 4.39 Å². The molecule has 0 unspecified atom stereocenters. The summed E-state index contributed by atoms with van der Waals surface area (Å²) in [6.07, 6.45) is 5.05. The molecular weight excluding hydrogens is 355 g/mol. The molecule has 0 spiro atoms. The van der Waals surface area contributed by atoms with Gasteiger partial charge in [0.1, 0.15) is 5.82 Å². The van der Waals surface area contributed by atoms with Gasteiger partial charge in [0, 0.05) is 42.3 Å². The molecule has 118 valence electrons. The van der Waals surface area contributed by atoms with Crippen molar-refractivity contribution in [2.24, 2.45) is 5.92 Å². The number of nitrogens with one attached hydrogen (secondary N) is 1. The fourth-order valence-electron chi connectivity index (χ4n) is 3.74. The van der Waals surface area contributed by atoms with Crippen LogP contribution < -0.4 is 5.32 Å². The van der Waals surface area contributed by atoms with Crippen LogP contribution in [0, 0.1) is 11.7 Å². The normalized spacial score (nSPS) is 22.0. The van der Waals surface area contributed by atoms with Gasteiger partial charge in [0.25, 0.3) is 0 Å². The average Bonchev–Trinajstić information content (AvgIpc) is 2.98. The van der Waals surface area contributed by atoms with Crippen LogP contribution in [0.5, 0.6) is 0 Å². The number of piperazine rings is 1. The topological polar surface area (TPSA) is 15.3 Å². The molecule has 1 aliphatic heterocycles. The first-order valence-electron chi connectivity index (χ1n) is 7.66. The molecule has 0 bridgehead atoms. The lowest BCUT2D eigenvalue weighted by Gasteiger charge is -2.39. The largest absolute Gasteiger partial charge is 0.314 e. The van der Waals surface area contributed by atoms with Gasteiger partial charge in [0.15, 0.2) is 0 Å². The summed E-state index contributed by atoms with van der Waals surface area (Å²) >= 11 is 3.58. The van der Waals surface area contributed by atoms with Gasteiger partial charge in [-0.1, -0.05) is 34.8 Å². The second-order valence-corrected chi connectivity index (χ2v) is 6.77. The first-order valence-corrected chi connectivity index (χ1v) is 8.45. The first-order chi connectivity index (χ1) is 9.77. The van der Waals surface area contributed by atoms with Gasteiger partial charge in [-0.15, -0.1) is 12.4 Å². The van der Waals surface area contributed by atoms with Crippen LogP contribution in [0.3, 0.4) is 0 Å². The lowest BCUT2D eigenvalue weighted by molar-refractivity contribution is 0.122. The summed E-state index contributed by atoms with van der Waals surface area (Å²) in [6.45, 7) is 4.05. The predicted molar refractivity (Wildman–Crippen MR) is 90.5 cm³/mol. The molecule has 2 nitrogen and oxygen atoms in total. The molecule has 5 heteroatoms. The quantitative estimate of drug-likeness (QED) is 0.851. The molecule has 1 atom stereocenters. The zero-order valence-electron chi connectivity index (χ0n) is 12.2. The minimum absolute atomic E-state index is 0. The van der Waals surface area contributed by atoms with E-state index in [1.807, 2.05) is 6.07 Å². The molecule has 2 fully saturated rings. The van der Waals surface area contributed by atoms with Crippen molar-refractivity contribution < 1.29 is 4.39 Å². The number of halogens is 3. The second-order valence-electron chi connectivity index (χ2n) is 5.91. The van der Waals surface area contributed by atoms with Gasteiger partial charge in [-0.2, -0.15) is 0 Å². The molecular formula is C16H23BrClFN2. The number of hydrogen-bond acceptors (Lipinski definition) is 2. The number of rotatable bonds is 3. The smallest absolute Gasteiger partial charge is 0.129 e. The van der Waals surface area contributed by atoms with Gasteiger partial charge >= 0.3 is 0 Å². The Kier molecular flexibility index (Phi) is 6.48. The minimum Gasteiger partial charge on any atom is -0.314 e. The summed E-state index contributed by atoms with van der Waals surface area (Å²) in [5.74, 6) is 0.538. The maximum atomic E-state index is 14.4. The molecule has 1 saturated heterocycles. The van der Waals surface area contributed by atoms with Crippen LogP contribution in [0.1, 0.15) is 37.3 Å². The Labute approximate surface area is 141 Å². The average molecular weight is 378 g/mol. The Hall–Kier alpha value is -0.160. The van der Waals surface area contributed by atoms with Crippen molar-refractivity contribution in [3.05, 3.63) is 34.1 Å². The van der Waals surface area contributed by atoms with Gasteiger partial charge < -0.3 is 5.32 Å². The van der Waals surface area contributed by atoms with E-state index in [9.17, 15) is 4.39 Å². The third-order valence-electron chi connectivity index (χ3n) is 4.69. The van der Waals surface area contributed by atoms with Crippen LogP contribution in [-0.4, -0.2) is 31.1 Å². The molecule has 0 aromatic heterocycles. The maximum Gasteiger partial charge on any atom is 0.129 e. The van der Waals surface area contributed by atoms with Gasteiger partial charge in [0.2, 0.25) is 0 Å². The van der Waals surface area contributed by atoms with Crippen molar-refractivity contribution in [3.63, 3.8) is 0 Å². The molecule has 1 saturated carbocycles. The van der Waals surface area contributed by atoms with E-state index in [1.165, 1.54) is 25.7 Å². The van der Waals surface area contributed by atoms with Gasteiger partial charge in [-0.25, -0.2) is 4.39 Å². The number of nitrogens with zero attached hydrogens (tertiary/aromatic N) is 1. The van der Waals surface area contributed by atoms with E-state index in [-0.39, 0.29) is 24.3 Å². The van der Waals surface area contributed by atoms with Crippen LogP contribution in [0.15, 0.2) is 22.7 Å². The third kappa shape index (κ3) is 3.79. The third-order valence-corrected chi connectivity index (χ3v) is 5.38. The van der Waals surface area contributed by atoms with E-state index >= 15 is 0 Å². The van der Waals surface area contributed by atoms with Crippen LogP contribution in [0.2, 0.25) is 0 Å². The Morgan fingerprint density at radius 3 is 2.48 bits per heavy atom. The molecule has 1 aromatic rings. The lowest BCUT2D eigenvalue weighted by atomic mass is 9.89. The Morgan fingerprint density at radius 2 is 1.86 bits per heavy atom. The Morgan fingerprint density at radius 1 is 1.19 bits per heavy atom. The summed E-state index contributed by atoms with van der Waals surface area (Å²) in [6, 6.07) is 5.59. The van der Waals surface area contributed by atoms with Crippen LogP contribution in [-0.2, 0) is 0 Å². The molecule has 1 heterocycles. The summed E-state index contributed by atoms with van der Waals surface area (Å²) in [5.41, 5.74) is 0.876. The van der Waals surface area contributed by atoms with E-state index in [4.69, 9.17) is 0 Å². The predicted octanol–water partition coefficient (Wildman–Crippen LogP) is 4.15. The fourth-order valence-corrected chi connectivity index (χ4v) is 4.32. The van der Waals surface area contributed by atoms with Crippen molar-refractivity contribution in [1.29, 1.82) is 0 Å². The van der Waals surface area contributed by atoms with E-state index < -0.39 is 0 Å². The Balaban J connectivity index is 0.00000161. The molecule has 2 aliphatic rings. The maximum absolute atomic E-state index is 14.4. The summed E-state index contributed by atoms with van der Waals surface area (Å²) < 4.78 is 15.4. The zero-order chi connectivity index (χ0) is 13.9. The van der Waals surface area contributed by atoms with E-state index in [0.717, 1.165) is 36.2 Å². The fraction of sp³-hybridized carbons (Fsp3) is 0.625. The van der Waals surface area contributed by atoms with E-state index in [1.54, 1.807) is 12.1 Å². The van der Waals surface area contributed by atoms with E-state index in [2.05, 4.69) is 26.1 Å². The minimum atomic E-state index is -0.0604. The molecule has 0 radical (unpaired) electrons. The van der Waals surface area contributed by atoms with Crippen molar-refractivity contribution in [1.82, 2.24) is 10.2 Å². The molecule has 21 heavy (non-hydrogen) atoms. The SMILES string of the molecule is Cl.Fc1cccc(Br)c1[C@@H](C1CCCC1)N1CCNCC1. The first kappa shape index (κ1) is 17.2. The lowest BCUT2D eigenvalue weighted by Crippen LogP contribution is -2.47.